The minimum atomic E-state index is 0.235. The summed E-state index contributed by atoms with van der Waals surface area (Å²) in [7, 11) is 0. The van der Waals surface area contributed by atoms with Crippen LogP contribution in [0, 0.1) is 0 Å². The molecule has 0 fully saturated rings. The fourth-order valence-electron chi connectivity index (χ4n) is 2.12. The number of benzene rings is 2. The number of nitrogens with zero attached hydrogens (tertiary/aromatic N) is 1. The molecule has 1 aliphatic heterocycles. The number of hydrogen-bond donors (Lipinski definition) is 1. The fourth-order valence-corrected chi connectivity index (χ4v) is 2.28. The second kappa shape index (κ2) is 4.05. The van der Waals surface area contributed by atoms with Crippen molar-refractivity contribution in [1.82, 2.24) is 4.98 Å². The van der Waals surface area contributed by atoms with E-state index in [2.05, 4.69) is 4.98 Å². The Labute approximate surface area is 118 Å². The lowest BCUT2D eigenvalue weighted by Crippen LogP contribution is -1.92. The van der Waals surface area contributed by atoms with Gasteiger partial charge in [-0.15, -0.1) is 0 Å². The van der Waals surface area contributed by atoms with E-state index >= 15 is 0 Å². The van der Waals surface area contributed by atoms with Gasteiger partial charge in [-0.3, -0.25) is 0 Å². The van der Waals surface area contributed by atoms with Gasteiger partial charge >= 0.3 is 0 Å². The van der Waals surface area contributed by atoms with Crippen molar-refractivity contribution in [3.63, 3.8) is 0 Å². The summed E-state index contributed by atoms with van der Waals surface area (Å²) in [6, 6.07) is 8.88. The molecule has 0 spiro atoms. The van der Waals surface area contributed by atoms with Crippen LogP contribution < -0.4 is 15.2 Å². The quantitative estimate of drug-likeness (QED) is 0.694. The molecule has 2 N–H and O–H groups in total. The standard InChI is InChI=1S/C14H9ClN2O3/c15-8-4-10-12(5-9(8)16)20-14(17-10)7-1-2-11-13(3-7)19-6-18-11/h1-5H,6,16H2. The Balaban J connectivity index is 1.86. The van der Waals surface area contributed by atoms with Crippen molar-refractivity contribution in [2.75, 3.05) is 12.5 Å². The van der Waals surface area contributed by atoms with Gasteiger partial charge in [0.05, 0.1) is 10.7 Å². The predicted molar refractivity (Wildman–Crippen MR) is 75.0 cm³/mol. The number of ether oxygens (including phenoxy) is 2. The van der Waals surface area contributed by atoms with Crippen molar-refractivity contribution in [2.24, 2.45) is 0 Å². The summed E-state index contributed by atoms with van der Waals surface area (Å²) in [6.45, 7) is 0.235. The number of halogens is 1. The SMILES string of the molecule is Nc1cc2oc(-c3ccc4c(c3)OCO4)nc2cc1Cl. The Morgan fingerprint density at radius 2 is 1.95 bits per heavy atom. The van der Waals surface area contributed by atoms with E-state index in [0.29, 0.717) is 33.4 Å². The van der Waals surface area contributed by atoms with Gasteiger partial charge in [-0.05, 0) is 24.3 Å². The normalized spacial score (nSPS) is 13.1. The van der Waals surface area contributed by atoms with E-state index in [1.807, 2.05) is 18.2 Å². The van der Waals surface area contributed by atoms with Gasteiger partial charge < -0.3 is 19.6 Å². The minimum absolute atomic E-state index is 0.235. The highest BCUT2D eigenvalue weighted by atomic mass is 35.5. The molecule has 6 heteroatoms. The zero-order chi connectivity index (χ0) is 13.7. The van der Waals surface area contributed by atoms with Gasteiger partial charge in [-0.1, -0.05) is 11.6 Å². The van der Waals surface area contributed by atoms with Gasteiger partial charge in [-0.2, -0.15) is 0 Å². The summed E-state index contributed by atoms with van der Waals surface area (Å²) < 4.78 is 16.3. The molecule has 4 rings (SSSR count). The van der Waals surface area contributed by atoms with Crippen LogP contribution in [0.2, 0.25) is 5.02 Å². The zero-order valence-electron chi connectivity index (χ0n) is 10.2. The Morgan fingerprint density at radius 1 is 1.10 bits per heavy atom. The minimum Gasteiger partial charge on any atom is -0.454 e. The van der Waals surface area contributed by atoms with E-state index in [4.69, 9.17) is 31.2 Å². The zero-order valence-corrected chi connectivity index (χ0v) is 11.0. The predicted octanol–water partition coefficient (Wildman–Crippen LogP) is 3.46. The fraction of sp³-hybridized carbons (Fsp3) is 0.0714. The van der Waals surface area contributed by atoms with Crippen LogP contribution in [0.1, 0.15) is 0 Å². The molecule has 2 aromatic carbocycles. The highest BCUT2D eigenvalue weighted by molar-refractivity contribution is 6.33. The maximum Gasteiger partial charge on any atom is 0.231 e. The molecule has 3 aromatic rings. The van der Waals surface area contributed by atoms with Gasteiger partial charge in [-0.25, -0.2) is 4.98 Å². The van der Waals surface area contributed by atoms with Crippen LogP contribution in [0.5, 0.6) is 11.5 Å². The van der Waals surface area contributed by atoms with Gasteiger partial charge in [0.1, 0.15) is 5.52 Å². The van der Waals surface area contributed by atoms with E-state index < -0.39 is 0 Å². The molecule has 2 heterocycles. The van der Waals surface area contributed by atoms with E-state index in [1.165, 1.54) is 0 Å². The molecule has 20 heavy (non-hydrogen) atoms. The molecule has 0 bridgehead atoms. The molecule has 0 saturated heterocycles. The molecular formula is C14H9ClN2O3. The molecule has 0 aliphatic carbocycles. The Morgan fingerprint density at radius 3 is 2.85 bits per heavy atom. The maximum atomic E-state index is 5.98. The molecule has 5 nitrogen and oxygen atoms in total. The lowest BCUT2D eigenvalue weighted by atomic mass is 10.2. The first kappa shape index (κ1) is 11.4. The third-order valence-corrected chi connectivity index (χ3v) is 3.45. The summed E-state index contributed by atoms with van der Waals surface area (Å²) in [5.41, 5.74) is 8.28. The molecule has 0 radical (unpaired) electrons. The van der Waals surface area contributed by atoms with Crippen molar-refractivity contribution in [1.29, 1.82) is 0 Å². The number of rotatable bonds is 1. The number of fused-ring (bicyclic) bond motifs is 2. The molecule has 0 amide bonds. The second-order valence-corrected chi connectivity index (χ2v) is 4.84. The second-order valence-electron chi connectivity index (χ2n) is 4.43. The van der Waals surface area contributed by atoms with Crippen LogP contribution in [-0.4, -0.2) is 11.8 Å². The third-order valence-electron chi connectivity index (χ3n) is 3.13. The molecular weight excluding hydrogens is 280 g/mol. The van der Waals surface area contributed by atoms with Crippen molar-refractivity contribution in [2.45, 2.75) is 0 Å². The first-order chi connectivity index (χ1) is 9.70. The average molecular weight is 289 g/mol. The van der Waals surface area contributed by atoms with Crippen LogP contribution in [0.15, 0.2) is 34.7 Å². The Hall–Kier alpha value is -2.40. The Bertz CT molecular complexity index is 790. The summed E-state index contributed by atoms with van der Waals surface area (Å²) >= 11 is 5.98. The van der Waals surface area contributed by atoms with Crippen LogP contribution in [0.3, 0.4) is 0 Å². The third kappa shape index (κ3) is 1.67. The van der Waals surface area contributed by atoms with E-state index in [1.54, 1.807) is 12.1 Å². The van der Waals surface area contributed by atoms with Gasteiger partial charge in [0.2, 0.25) is 12.7 Å². The van der Waals surface area contributed by atoms with Crippen molar-refractivity contribution < 1.29 is 13.9 Å². The van der Waals surface area contributed by atoms with E-state index in [0.717, 1.165) is 11.3 Å². The van der Waals surface area contributed by atoms with Crippen LogP contribution in [0.25, 0.3) is 22.6 Å². The van der Waals surface area contributed by atoms with E-state index in [-0.39, 0.29) is 6.79 Å². The first-order valence-electron chi connectivity index (χ1n) is 5.96. The molecule has 100 valence electrons. The smallest absolute Gasteiger partial charge is 0.231 e. The molecule has 0 atom stereocenters. The molecule has 0 saturated carbocycles. The van der Waals surface area contributed by atoms with Crippen molar-refractivity contribution >= 4 is 28.4 Å². The summed E-state index contributed by atoms with van der Waals surface area (Å²) in [6.07, 6.45) is 0. The summed E-state index contributed by atoms with van der Waals surface area (Å²) in [5.74, 6) is 1.89. The van der Waals surface area contributed by atoms with Crippen LogP contribution >= 0.6 is 11.6 Å². The molecule has 1 aromatic heterocycles. The Kier molecular flexibility index (Phi) is 2.31. The number of aromatic nitrogens is 1. The van der Waals surface area contributed by atoms with E-state index in [9.17, 15) is 0 Å². The highest BCUT2D eigenvalue weighted by Crippen LogP contribution is 2.37. The molecule has 1 aliphatic rings. The lowest BCUT2D eigenvalue weighted by Gasteiger charge is -1.98. The summed E-state index contributed by atoms with van der Waals surface area (Å²) in [4.78, 5) is 4.41. The number of oxazole rings is 1. The van der Waals surface area contributed by atoms with Gasteiger partial charge in [0, 0.05) is 11.6 Å². The topological polar surface area (TPSA) is 70.5 Å². The molecule has 0 unspecified atom stereocenters. The first-order valence-corrected chi connectivity index (χ1v) is 6.34. The van der Waals surface area contributed by atoms with Crippen molar-refractivity contribution in [3.05, 3.63) is 35.4 Å². The van der Waals surface area contributed by atoms with Crippen molar-refractivity contribution in [3.8, 4) is 23.0 Å². The van der Waals surface area contributed by atoms with Gasteiger partial charge in [0.25, 0.3) is 0 Å². The largest absolute Gasteiger partial charge is 0.454 e. The maximum absolute atomic E-state index is 5.98. The van der Waals surface area contributed by atoms with Crippen LogP contribution in [0.4, 0.5) is 5.69 Å². The lowest BCUT2D eigenvalue weighted by molar-refractivity contribution is 0.174. The monoisotopic (exact) mass is 288 g/mol. The summed E-state index contributed by atoms with van der Waals surface area (Å²) in [5, 5.41) is 0.461. The number of anilines is 1. The number of nitrogen functional groups attached to an aromatic ring is 1. The number of nitrogens with two attached hydrogens (primary N) is 1. The number of hydrogen-bond acceptors (Lipinski definition) is 5. The average Bonchev–Trinajstić information content (AvgIpc) is 3.04. The van der Waals surface area contributed by atoms with Gasteiger partial charge in [0.15, 0.2) is 17.1 Å². The van der Waals surface area contributed by atoms with Crippen LogP contribution in [-0.2, 0) is 0 Å². The highest BCUT2D eigenvalue weighted by Gasteiger charge is 2.16.